The number of aromatic nitrogens is 2. The van der Waals surface area contributed by atoms with E-state index in [2.05, 4.69) is 16.9 Å². The molecule has 0 aliphatic rings. The Morgan fingerprint density at radius 3 is 2.27 bits per heavy atom. The van der Waals surface area contributed by atoms with Gasteiger partial charge >= 0.3 is 0 Å². The maximum Gasteiger partial charge on any atom is 0.222 e. The van der Waals surface area contributed by atoms with E-state index in [-0.39, 0.29) is 17.3 Å². The standard InChI is InChI=1S/C20H27N5O/c1-2-3-4-5-6-7-8-13-26-16-11-9-15(10-12-16)18-17(14-21)19(22)25-20(23)24-18/h9-12H,2-8,13H2,1H3,(H4,22,23,24,25). The molecule has 138 valence electrons. The van der Waals surface area contributed by atoms with E-state index in [9.17, 15) is 5.26 Å². The van der Waals surface area contributed by atoms with Crippen LogP contribution in [0, 0.1) is 11.3 Å². The van der Waals surface area contributed by atoms with Gasteiger partial charge in [-0.25, -0.2) is 4.98 Å². The second-order valence-corrected chi connectivity index (χ2v) is 6.30. The molecule has 4 N–H and O–H groups in total. The Morgan fingerprint density at radius 2 is 1.62 bits per heavy atom. The molecule has 0 spiro atoms. The minimum Gasteiger partial charge on any atom is -0.494 e. The smallest absolute Gasteiger partial charge is 0.222 e. The lowest BCUT2D eigenvalue weighted by atomic mass is 10.1. The molecule has 0 aliphatic heterocycles. The third-order valence-corrected chi connectivity index (χ3v) is 4.21. The molecule has 0 saturated carbocycles. The van der Waals surface area contributed by atoms with E-state index >= 15 is 0 Å². The average molecular weight is 353 g/mol. The van der Waals surface area contributed by atoms with Crippen LogP contribution in [0.3, 0.4) is 0 Å². The maximum atomic E-state index is 9.27. The SMILES string of the molecule is CCCCCCCCCOc1ccc(-c2nc(N)nc(N)c2C#N)cc1. The fraction of sp³-hybridized carbons (Fsp3) is 0.450. The first kappa shape index (κ1) is 19.5. The van der Waals surface area contributed by atoms with Crippen molar-refractivity contribution in [2.75, 3.05) is 18.1 Å². The Labute approximate surface area is 155 Å². The first-order valence-corrected chi connectivity index (χ1v) is 9.22. The van der Waals surface area contributed by atoms with Gasteiger partial charge < -0.3 is 16.2 Å². The third-order valence-electron chi connectivity index (χ3n) is 4.21. The Bertz CT molecular complexity index is 737. The zero-order valence-electron chi connectivity index (χ0n) is 15.4. The summed E-state index contributed by atoms with van der Waals surface area (Å²) >= 11 is 0. The summed E-state index contributed by atoms with van der Waals surface area (Å²) in [5, 5.41) is 9.27. The largest absolute Gasteiger partial charge is 0.494 e. The highest BCUT2D eigenvalue weighted by Crippen LogP contribution is 2.27. The molecule has 0 bridgehead atoms. The number of rotatable bonds is 10. The second-order valence-electron chi connectivity index (χ2n) is 6.30. The van der Waals surface area contributed by atoms with Crippen molar-refractivity contribution in [1.29, 1.82) is 5.26 Å². The van der Waals surface area contributed by atoms with Crippen molar-refractivity contribution in [3.05, 3.63) is 29.8 Å². The van der Waals surface area contributed by atoms with Gasteiger partial charge in [0.1, 0.15) is 23.2 Å². The molecule has 6 nitrogen and oxygen atoms in total. The normalized spacial score (nSPS) is 10.5. The van der Waals surface area contributed by atoms with Crippen molar-refractivity contribution in [1.82, 2.24) is 9.97 Å². The van der Waals surface area contributed by atoms with E-state index in [1.165, 1.54) is 38.5 Å². The number of nitrogens with zero attached hydrogens (tertiary/aromatic N) is 3. The lowest BCUT2D eigenvalue weighted by Crippen LogP contribution is -2.05. The number of benzene rings is 1. The van der Waals surface area contributed by atoms with Gasteiger partial charge in [0.25, 0.3) is 0 Å². The molecule has 0 atom stereocenters. The van der Waals surface area contributed by atoms with E-state index in [1.54, 1.807) is 0 Å². The lowest BCUT2D eigenvalue weighted by molar-refractivity contribution is 0.304. The molecule has 0 amide bonds. The Kier molecular flexibility index (Phi) is 7.69. The zero-order valence-corrected chi connectivity index (χ0v) is 15.4. The molecule has 2 aromatic rings. The molecule has 0 fully saturated rings. The highest BCUT2D eigenvalue weighted by Gasteiger charge is 2.13. The van der Waals surface area contributed by atoms with Gasteiger partial charge in [0.15, 0.2) is 0 Å². The Balaban J connectivity index is 1.87. The number of nitriles is 1. The predicted octanol–water partition coefficient (Wildman–Crippen LogP) is 4.31. The number of hydrogen-bond donors (Lipinski definition) is 2. The number of nitrogen functional groups attached to an aromatic ring is 2. The van der Waals surface area contributed by atoms with Crippen molar-refractivity contribution in [3.63, 3.8) is 0 Å². The van der Waals surface area contributed by atoms with E-state index < -0.39 is 0 Å². The number of unbranched alkanes of at least 4 members (excludes halogenated alkanes) is 6. The minimum absolute atomic E-state index is 0.0516. The molecular weight excluding hydrogens is 326 g/mol. The van der Waals surface area contributed by atoms with Crippen LogP contribution in [0.2, 0.25) is 0 Å². The van der Waals surface area contributed by atoms with Gasteiger partial charge in [0.2, 0.25) is 5.95 Å². The summed E-state index contributed by atoms with van der Waals surface area (Å²) in [5.74, 6) is 0.943. The quantitative estimate of drug-likeness (QED) is 0.616. The van der Waals surface area contributed by atoms with Crippen LogP contribution in [0.1, 0.15) is 57.4 Å². The number of anilines is 2. The summed E-state index contributed by atoms with van der Waals surface area (Å²) in [5.41, 5.74) is 12.8. The minimum atomic E-state index is 0.0516. The van der Waals surface area contributed by atoms with Crippen molar-refractivity contribution < 1.29 is 4.74 Å². The molecule has 0 unspecified atom stereocenters. The third kappa shape index (κ3) is 5.62. The van der Waals surface area contributed by atoms with E-state index in [4.69, 9.17) is 16.2 Å². The first-order valence-electron chi connectivity index (χ1n) is 9.22. The first-order chi connectivity index (χ1) is 12.7. The van der Waals surface area contributed by atoms with Gasteiger partial charge in [-0.15, -0.1) is 0 Å². The molecule has 0 radical (unpaired) electrons. The molecule has 1 aromatic heterocycles. The van der Waals surface area contributed by atoms with E-state index in [1.807, 2.05) is 30.3 Å². The van der Waals surface area contributed by atoms with Crippen LogP contribution in [0.5, 0.6) is 5.75 Å². The highest BCUT2D eigenvalue weighted by atomic mass is 16.5. The number of hydrogen-bond acceptors (Lipinski definition) is 6. The van der Waals surface area contributed by atoms with Crippen LogP contribution in [-0.2, 0) is 0 Å². The van der Waals surface area contributed by atoms with Gasteiger partial charge in [-0.05, 0) is 30.7 Å². The fourth-order valence-electron chi connectivity index (χ4n) is 2.77. The highest BCUT2D eigenvalue weighted by molar-refractivity contribution is 5.73. The van der Waals surface area contributed by atoms with Crippen LogP contribution in [-0.4, -0.2) is 16.6 Å². The number of nitrogens with two attached hydrogens (primary N) is 2. The second kappa shape index (κ2) is 10.2. The molecule has 26 heavy (non-hydrogen) atoms. The van der Waals surface area contributed by atoms with Crippen molar-refractivity contribution >= 4 is 11.8 Å². The predicted molar refractivity (Wildman–Crippen MR) is 104 cm³/mol. The van der Waals surface area contributed by atoms with Crippen molar-refractivity contribution in [3.8, 4) is 23.1 Å². The summed E-state index contributed by atoms with van der Waals surface area (Å²) < 4.78 is 5.78. The molecule has 0 aliphatic carbocycles. The number of ether oxygens (including phenoxy) is 1. The summed E-state index contributed by atoms with van der Waals surface area (Å²) in [7, 11) is 0. The molecule has 1 heterocycles. The maximum absolute atomic E-state index is 9.27. The molecule has 2 rings (SSSR count). The van der Waals surface area contributed by atoms with Crippen LogP contribution < -0.4 is 16.2 Å². The van der Waals surface area contributed by atoms with Crippen LogP contribution in [0.4, 0.5) is 11.8 Å². The Hall–Kier alpha value is -2.81. The van der Waals surface area contributed by atoms with Gasteiger partial charge in [0, 0.05) is 5.56 Å². The average Bonchev–Trinajstić information content (AvgIpc) is 2.64. The lowest BCUT2D eigenvalue weighted by Gasteiger charge is -2.09. The molecule has 6 heteroatoms. The van der Waals surface area contributed by atoms with Crippen molar-refractivity contribution in [2.24, 2.45) is 0 Å². The summed E-state index contributed by atoms with van der Waals surface area (Å²) in [6, 6.07) is 9.47. The van der Waals surface area contributed by atoms with Gasteiger partial charge in [-0.2, -0.15) is 10.2 Å². The van der Waals surface area contributed by atoms with Gasteiger partial charge in [-0.1, -0.05) is 45.4 Å². The monoisotopic (exact) mass is 353 g/mol. The van der Waals surface area contributed by atoms with Crippen LogP contribution in [0.25, 0.3) is 11.3 Å². The van der Waals surface area contributed by atoms with Crippen molar-refractivity contribution in [2.45, 2.75) is 51.9 Å². The fourth-order valence-corrected chi connectivity index (χ4v) is 2.77. The van der Waals surface area contributed by atoms with Gasteiger partial charge in [-0.3, -0.25) is 0 Å². The topological polar surface area (TPSA) is 111 Å². The summed E-state index contributed by atoms with van der Waals surface area (Å²) in [4.78, 5) is 7.97. The van der Waals surface area contributed by atoms with Crippen LogP contribution in [0.15, 0.2) is 24.3 Å². The van der Waals surface area contributed by atoms with Gasteiger partial charge in [0.05, 0.1) is 12.3 Å². The molecule has 0 saturated heterocycles. The zero-order chi connectivity index (χ0) is 18.8. The Morgan fingerprint density at radius 1 is 0.962 bits per heavy atom. The van der Waals surface area contributed by atoms with E-state index in [0.717, 1.165) is 17.7 Å². The summed E-state index contributed by atoms with van der Waals surface area (Å²) in [6.07, 6.45) is 8.80. The molecular formula is C20H27N5O. The molecule has 1 aromatic carbocycles. The summed E-state index contributed by atoms with van der Waals surface area (Å²) in [6.45, 7) is 2.94. The van der Waals surface area contributed by atoms with E-state index in [0.29, 0.717) is 12.3 Å². The van der Waals surface area contributed by atoms with Crippen LogP contribution >= 0.6 is 0 Å².